The van der Waals surface area contributed by atoms with Gasteiger partial charge < -0.3 is 15.2 Å². The van der Waals surface area contributed by atoms with E-state index in [0.29, 0.717) is 21.5 Å². The summed E-state index contributed by atoms with van der Waals surface area (Å²) in [6.07, 6.45) is 0. The third-order valence-electron chi connectivity index (χ3n) is 1.72. The van der Waals surface area contributed by atoms with Gasteiger partial charge in [-0.05, 0) is 22.0 Å². The number of hydrogen-bond acceptors (Lipinski definition) is 4. The molecular formula is C10H9BrN2O3. The van der Waals surface area contributed by atoms with E-state index in [-0.39, 0.29) is 6.61 Å². The molecule has 1 aromatic carbocycles. The van der Waals surface area contributed by atoms with Crippen LogP contribution in [0.3, 0.4) is 0 Å². The number of carbonyl (C=O) groups excluding carboxylic acids is 1. The van der Waals surface area contributed by atoms with Gasteiger partial charge in [0.25, 0.3) is 5.91 Å². The maximum Gasteiger partial charge on any atom is 0.255 e. The first-order valence-electron chi connectivity index (χ1n) is 4.27. The van der Waals surface area contributed by atoms with Crippen molar-refractivity contribution in [3.05, 3.63) is 22.2 Å². The number of primary amides is 1. The Bertz CT molecular complexity index is 454. The lowest BCUT2D eigenvalue weighted by atomic mass is 10.2. The molecule has 0 aliphatic rings. The predicted molar refractivity (Wildman–Crippen MR) is 60.1 cm³/mol. The molecule has 1 rings (SSSR count). The van der Waals surface area contributed by atoms with Gasteiger partial charge in [0.1, 0.15) is 0 Å². The van der Waals surface area contributed by atoms with Crippen LogP contribution in [0.5, 0.6) is 11.5 Å². The fourth-order valence-electron chi connectivity index (χ4n) is 1.07. The van der Waals surface area contributed by atoms with Gasteiger partial charge in [0.05, 0.1) is 23.2 Å². The van der Waals surface area contributed by atoms with Crippen LogP contribution in [-0.4, -0.2) is 19.6 Å². The molecule has 6 heteroatoms. The van der Waals surface area contributed by atoms with E-state index in [1.165, 1.54) is 13.2 Å². The van der Waals surface area contributed by atoms with Crippen molar-refractivity contribution < 1.29 is 14.3 Å². The van der Waals surface area contributed by atoms with Gasteiger partial charge in [-0.25, -0.2) is 0 Å². The summed E-state index contributed by atoms with van der Waals surface area (Å²) in [5.74, 6) is 0.130. The summed E-state index contributed by atoms with van der Waals surface area (Å²) in [6, 6.07) is 5.06. The first-order valence-corrected chi connectivity index (χ1v) is 5.06. The Hall–Kier alpha value is -1.74. The molecule has 84 valence electrons. The van der Waals surface area contributed by atoms with Crippen molar-refractivity contribution >= 4 is 21.8 Å². The molecule has 0 unspecified atom stereocenters. The number of hydrogen-bond donors (Lipinski definition) is 1. The molecule has 0 saturated carbocycles. The van der Waals surface area contributed by atoms with Crippen LogP contribution in [0.2, 0.25) is 0 Å². The summed E-state index contributed by atoms with van der Waals surface area (Å²) in [5.41, 5.74) is 5.39. The number of halogens is 1. The van der Waals surface area contributed by atoms with Crippen LogP contribution in [0.25, 0.3) is 0 Å². The van der Waals surface area contributed by atoms with E-state index in [4.69, 9.17) is 20.5 Å². The van der Waals surface area contributed by atoms with Crippen molar-refractivity contribution in [2.45, 2.75) is 0 Å². The first kappa shape index (κ1) is 12.3. The van der Waals surface area contributed by atoms with Crippen molar-refractivity contribution in [2.24, 2.45) is 5.73 Å². The van der Waals surface area contributed by atoms with Crippen LogP contribution in [0.15, 0.2) is 16.6 Å². The topological polar surface area (TPSA) is 85.3 Å². The molecule has 5 nitrogen and oxygen atoms in total. The number of amides is 1. The van der Waals surface area contributed by atoms with Crippen LogP contribution in [0.4, 0.5) is 0 Å². The van der Waals surface area contributed by atoms with Gasteiger partial charge >= 0.3 is 0 Å². The van der Waals surface area contributed by atoms with Crippen LogP contribution in [-0.2, 0) is 4.79 Å². The van der Waals surface area contributed by atoms with E-state index < -0.39 is 5.91 Å². The molecule has 0 heterocycles. The van der Waals surface area contributed by atoms with Gasteiger partial charge in [-0.15, -0.1) is 0 Å². The van der Waals surface area contributed by atoms with Crippen molar-refractivity contribution in [3.63, 3.8) is 0 Å². The van der Waals surface area contributed by atoms with Crippen LogP contribution in [0.1, 0.15) is 5.56 Å². The van der Waals surface area contributed by atoms with Crippen molar-refractivity contribution in [1.82, 2.24) is 0 Å². The second-order valence-electron chi connectivity index (χ2n) is 2.86. The number of nitriles is 1. The average molecular weight is 285 g/mol. The molecule has 2 N–H and O–H groups in total. The average Bonchev–Trinajstić information content (AvgIpc) is 2.26. The molecule has 16 heavy (non-hydrogen) atoms. The molecule has 1 aromatic rings. The minimum absolute atomic E-state index is 0.249. The highest BCUT2D eigenvalue weighted by Crippen LogP contribution is 2.36. The monoisotopic (exact) mass is 284 g/mol. The highest BCUT2D eigenvalue weighted by Gasteiger charge is 2.12. The highest BCUT2D eigenvalue weighted by molar-refractivity contribution is 9.10. The van der Waals surface area contributed by atoms with E-state index in [9.17, 15) is 4.79 Å². The molecule has 0 aliphatic carbocycles. The third-order valence-corrected chi connectivity index (χ3v) is 2.31. The summed E-state index contributed by atoms with van der Waals surface area (Å²) in [4.78, 5) is 10.6. The predicted octanol–water partition coefficient (Wildman–Crippen LogP) is 1.19. The molecular weight excluding hydrogens is 276 g/mol. The smallest absolute Gasteiger partial charge is 0.255 e. The molecule has 0 radical (unpaired) electrons. The Labute approximate surface area is 101 Å². The van der Waals surface area contributed by atoms with E-state index in [1.807, 2.05) is 6.07 Å². The number of carbonyl (C=O) groups is 1. The van der Waals surface area contributed by atoms with Crippen LogP contribution >= 0.6 is 15.9 Å². The van der Waals surface area contributed by atoms with E-state index in [0.717, 1.165) is 0 Å². The van der Waals surface area contributed by atoms with Crippen molar-refractivity contribution in [2.75, 3.05) is 13.7 Å². The molecule has 0 bridgehead atoms. The molecule has 1 amide bonds. The fourth-order valence-corrected chi connectivity index (χ4v) is 1.62. The quantitative estimate of drug-likeness (QED) is 0.900. The summed E-state index contributed by atoms with van der Waals surface area (Å²) in [6.45, 7) is -0.249. The zero-order chi connectivity index (χ0) is 12.1. The minimum Gasteiger partial charge on any atom is -0.493 e. The lowest BCUT2D eigenvalue weighted by Crippen LogP contribution is -2.20. The Kier molecular flexibility index (Phi) is 4.14. The van der Waals surface area contributed by atoms with E-state index >= 15 is 0 Å². The van der Waals surface area contributed by atoms with Crippen molar-refractivity contribution in [3.8, 4) is 17.6 Å². The number of nitrogens with two attached hydrogens (primary N) is 1. The van der Waals surface area contributed by atoms with E-state index in [1.54, 1.807) is 6.07 Å². The minimum atomic E-state index is -0.585. The maximum atomic E-state index is 10.6. The zero-order valence-corrected chi connectivity index (χ0v) is 10.1. The molecule has 0 spiro atoms. The molecule has 0 aromatic heterocycles. The molecule has 0 aliphatic heterocycles. The molecule has 0 atom stereocenters. The third kappa shape index (κ3) is 2.87. The zero-order valence-electron chi connectivity index (χ0n) is 8.49. The summed E-state index contributed by atoms with van der Waals surface area (Å²) in [7, 11) is 1.44. The Morgan fingerprint density at radius 3 is 2.81 bits per heavy atom. The number of rotatable bonds is 4. The number of benzene rings is 1. The normalized spacial score (nSPS) is 9.31. The largest absolute Gasteiger partial charge is 0.493 e. The fraction of sp³-hybridized carbons (Fsp3) is 0.200. The second-order valence-corrected chi connectivity index (χ2v) is 3.71. The van der Waals surface area contributed by atoms with Gasteiger partial charge in [-0.3, -0.25) is 4.79 Å². The maximum absolute atomic E-state index is 10.6. The summed E-state index contributed by atoms with van der Waals surface area (Å²) in [5, 5.41) is 8.75. The van der Waals surface area contributed by atoms with Gasteiger partial charge in [-0.1, -0.05) is 0 Å². The van der Waals surface area contributed by atoms with Crippen molar-refractivity contribution in [1.29, 1.82) is 5.26 Å². The Morgan fingerprint density at radius 1 is 1.62 bits per heavy atom. The van der Waals surface area contributed by atoms with Gasteiger partial charge in [0, 0.05) is 6.07 Å². The molecule has 0 fully saturated rings. The van der Waals surface area contributed by atoms with Crippen LogP contribution < -0.4 is 15.2 Å². The van der Waals surface area contributed by atoms with Crippen LogP contribution in [0, 0.1) is 11.3 Å². The number of methoxy groups -OCH3 is 1. The summed E-state index contributed by atoms with van der Waals surface area (Å²) < 4.78 is 10.7. The SMILES string of the molecule is COc1cc(C#N)cc(Br)c1OCC(N)=O. The van der Waals surface area contributed by atoms with Gasteiger partial charge in [0.15, 0.2) is 18.1 Å². The molecule has 0 saturated heterocycles. The number of ether oxygens (including phenoxy) is 2. The first-order chi connectivity index (χ1) is 7.58. The second kappa shape index (κ2) is 5.37. The van der Waals surface area contributed by atoms with E-state index in [2.05, 4.69) is 15.9 Å². The Balaban J connectivity index is 3.07. The lowest BCUT2D eigenvalue weighted by molar-refractivity contribution is -0.119. The van der Waals surface area contributed by atoms with Gasteiger partial charge in [0.2, 0.25) is 0 Å². The standard InChI is InChI=1S/C10H9BrN2O3/c1-15-8-3-6(4-12)2-7(11)10(8)16-5-9(13)14/h2-3H,5H2,1H3,(H2,13,14). The lowest BCUT2D eigenvalue weighted by Gasteiger charge is -2.11. The Morgan fingerprint density at radius 2 is 2.31 bits per heavy atom. The summed E-state index contributed by atoms with van der Waals surface area (Å²) >= 11 is 3.22. The number of nitrogens with zero attached hydrogens (tertiary/aromatic N) is 1. The van der Waals surface area contributed by atoms with Gasteiger partial charge in [-0.2, -0.15) is 5.26 Å². The highest BCUT2D eigenvalue weighted by atomic mass is 79.9.